The number of rotatable bonds is 3. The number of hydrogen-bond acceptors (Lipinski definition) is 2. The summed E-state index contributed by atoms with van der Waals surface area (Å²) in [7, 11) is 0. The van der Waals surface area contributed by atoms with Gasteiger partial charge in [-0.3, -0.25) is 4.90 Å². The van der Waals surface area contributed by atoms with Crippen LogP contribution in [0.3, 0.4) is 0 Å². The Morgan fingerprint density at radius 3 is 2.53 bits per heavy atom. The van der Waals surface area contributed by atoms with E-state index in [-0.39, 0.29) is 0 Å². The smallest absolute Gasteiger partial charge is 0.0166 e. The van der Waals surface area contributed by atoms with E-state index >= 15 is 0 Å². The van der Waals surface area contributed by atoms with Crippen LogP contribution < -0.4 is 5.73 Å². The van der Waals surface area contributed by atoms with Gasteiger partial charge in [-0.15, -0.1) is 0 Å². The van der Waals surface area contributed by atoms with Crippen LogP contribution in [0.15, 0.2) is 11.6 Å². The summed E-state index contributed by atoms with van der Waals surface area (Å²) in [6, 6.07) is 0.331. The molecule has 0 aromatic carbocycles. The van der Waals surface area contributed by atoms with E-state index in [9.17, 15) is 0 Å². The summed E-state index contributed by atoms with van der Waals surface area (Å²) in [5.41, 5.74) is 7.73. The first-order valence-corrected chi connectivity index (χ1v) is 6.07. The second-order valence-corrected chi connectivity index (χ2v) is 5.80. The third-order valence-electron chi connectivity index (χ3n) is 3.16. The summed E-state index contributed by atoms with van der Waals surface area (Å²) >= 11 is 0. The van der Waals surface area contributed by atoms with Crippen molar-refractivity contribution in [1.82, 2.24) is 4.90 Å². The summed E-state index contributed by atoms with van der Waals surface area (Å²) in [4.78, 5) is 2.50. The van der Waals surface area contributed by atoms with E-state index in [1.54, 1.807) is 5.57 Å². The fourth-order valence-corrected chi connectivity index (χ4v) is 1.98. The first-order valence-electron chi connectivity index (χ1n) is 6.07. The Morgan fingerprint density at radius 2 is 2.13 bits per heavy atom. The average molecular weight is 210 g/mol. The molecule has 0 saturated heterocycles. The lowest BCUT2D eigenvalue weighted by atomic mass is 9.83. The van der Waals surface area contributed by atoms with Gasteiger partial charge in [0.15, 0.2) is 0 Å². The van der Waals surface area contributed by atoms with Gasteiger partial charge in [0.25, 0.3) is 0 Å². The SMILES string of the molecule is CC(N)CCN1CC=C(C(C)(C)C)CC1. The molecule has 0 aromatic heterocycles. The van der Waals surface area contributed by atoms with Crippen LogP contribution in [0.25, 0.3) is 0 Å². The molecule has 1 unspecified atom stereocenters. The van der Waals surface area contributed by atoms with Crippen molar-refractivity contribution in [3.8, 4) is 0 Å². The molecule has 88 valence electrons. The maximum atomic E-state index is 5.76. The molecule has 2 nitrogen and oxygen atoms in total. The Labute approximate surface area is 94.5 Å². The van der Waals surface area contributed by atoms with Crippen LogP contribution in [-0.2, 0) is 0 Å². The molecule has 2 N–H and O–H groups in total. The zero-order valence-corrected chi connectivity index (χ0v) is 10.7. The minimum atomic E-state index is 0.331. The van der Waals surface area contributed by atoms with Crippen molar-refractivity contribution in [3.63, 3.8) is 0 Å². The Balaban J connectivity index is 2.38. The first-order chi connectivity index (χ1) is 6.89. The Hall–Kier alpha value is -0.340. The van der Waals surface area contributed by atoms with Gasteiger partial charge in [-0.25, -0.2) is 0 Å². The fourth-order valence-electron chi connectivity index (χ4n) is 1.98. The second kappa shape index (κ2) is 5.13. The molecule has 0 spiro atoms. The van der Waals surface area contributed by atoms with E-state index in [0.29, 0.717) is 11.5 Å². The molecule has 1 atom stereocenters. The van der Waals surface area contributed by atoms with E-state index in [1.165, 1.54) is 13.0 Å². The van der Waals surface area contributed by atoms with Gasteiger partial charge in [0, 0.05) is 19.1 Å². The van der Waals surface area contributed by atoms with Crippen molar-refractivity contribution < 1.29 is 0 Å². The molecule has 1 aliphatic heterocycles. The molecule has 1 heterocycles. The highest BCUT2D eigenvalue weighted by Crippen LogP contribution is 2.29. The molecule has 0 bridgehead atoms. The van der Waals surface area contributed by atoms with Gasteiger partial charge >= 0.3 is 0 Å². The minimum absolute atomic E-state index is 0.331. The van der Waals surface area contributed by atoms with Gasteiger partial charge < -0.3 is 5.73 Å². The van der Waals surface area contributed by atoms with Gasteiger partial charge in [-0.05, 0) is 31.7 Å². The van der Waals surface area contributed by atoms with Crippen molar-refractivity contribution >= 4 is 0 Å². The van der Waals surface area contributed by atoms with Crippen molar-refractivity contribution in [2.75, 3.05) is 19.6 Å². The molecule has 15 heavy (non-hydrogen) atoms. The maximum Gasteiger partial charge on any atom is 0.0166 e. The molecule has 2 heteroatoms. The predicted molar refractivity (Wildman–Crippen MR) is 66.9 cm³/mol. The van der Waals surface area contributed by atoms with E-state index in [2.05, 4.69) is 38.7 Å². The minimum Gasteiger partial charge on any atom is -0.328 e. The Morgan fingerprint density at radius 1 is 1.47 bits per heavy atom. The van der Waals surface area contributed by atoms with Crippen molar-refractivity contribution in [2.24, 2.45) is 11.1 Å². The summed E-state index contributed by atoms with van der Waals surface area (Å²) in [6.45, 7) is 12.4. The summed E-state index contributed by atoms with van der Waals surface area (Å²) in [5, 5.41) is 0. The monoisotopic (exact) mass is 210 g/mol. The lowest BCUT2D eigenvalue weighted by Gasteiger charge is -2.32. The average Bonchev–Trinajstić information content (AvgIpc) is 2.14. The van der Waals surface area contributed by atoms with E-state index in [0.717, 1.165) is 19.5 Å². The zero-order valence-electron chi connectivity index (χ0n) is 10.7. The van der Waals surface area contributed by atoms with E-state index < -0.39 is 0 Å². The van der Waals surface area contributed by atoms with Crippen LogP contribution in [0.5, 0.6) is 0 Å². The van der Waals surface area contributed by atoms with Crippen LogP contribution >= 0.6 is 0 Å². The fraction of sp³-hybridized carbons (Fsp3) is 0.846. The molecule has 0 aliphatic carbocycles. The molecule has 0 aromatic rings. The van der Waals surface area contributed by atoms with Gasteiger partial charge in [0.2, 0.25) is 0 Å². The molecule has 1 aliphatic rings. The number of nitrogens with zero attached hydrogens (tertiary/aromatic N) is 1. The summed E-state index contributed by atoms with van der Waals surface area (Å²) < 4.78 is 0. The molecule has 0 amide bonds. The largest absolute Gasteiger partial charge is 0.328 e. The van der Waals surface area contributed by atoms with Crippen LogP contribution in [0.2, 0.25) is 0 Å². The lowest BCUT2D eigenvalue weighted by Crippen LogP contribution is -2.34. The summed E-state index contributed by atoms with van der Waals surface area (Å²) in [6.07, 6.45) is 4.74. The standard InChI is InChI=1S/C13H26N2/c1-11(14)5-8-15-9-6-12(7-10-15)13(2,3)4/h6,11H,5,7-10,14H2,1-4H3. The molecule has 0 fully saturated rings. The highest BCUT2D eigenvalue weighted by Gasteiger charge is 2.20. The van der Waals surface area contributed by atoms with Gasteiger partial charge in [0.05, 0.1) is 0 Å². The van der Waals surface area contributed by atoms with Gasteiger partial charge in [-0.2, -0.15) is 0 Å². The quantitative estimate of drug-likeness (QED) is 0.725. The van der Waals surface area contributed by atoms with Crippen molar-refractivity contribution in [1.29, 1.82) is 0 Å². The molecular formula is C13H26N2. The highest BCUT2D eigenvalue weighted by molar-refractivity contribution is 5.14. The van der Waals surface area contributed by atoms with Crippen LogP contribution in [0.4, 0.5) is 0 Å². The Bertz CT molecular complexity index is 223. The Kier molecular flexibility index (Phi) is 4.35. The number of nitrogens with two attached hydrogens (primary N) is 1. The number of hydrogen-bond donors (Lipinski definition) is 1. The zero-order chi connectivity index (χ0) is 11.5. The molecule has 0 saturated carbocycles. The highest BCUT2D eigenvalue weighted by atomic mass is 15.1. The van der Waals surface area contributed by atoms with Crippen molar-refractivity contribution in [2.45, 2.75) is 46.6 Å². The molecule has 1 rings (SSSR count). The van der Waals surface area contributed by atoms with Crippen LogP contribution in [-0.4, -0.2) is 30.6 Å². The predicted octanol–water partition coefficient (Wildman–Crippen LogP) is 2.40. The second-order valence-electron chi connectivity index (χ2n) is 5.80. The molecule has 0 radical (unpaired) electrons. The normalized spacial score (nSPS) is 21.3. The third kappa shape index (κ3) is 4.35. The van der Waals surface area contributed by atoms with Crippen LogP contribution in [0.1, 0.15) is 40.5 Å². The maximum absolute atomic E-state index is 5.76. The topological polar surface area (TPSA) is 29.3 Å². The third-order valence-corrected chi connectivity index (χ3v) is 3.16. The van der Waals surface area contributed by atoms with Gasteiger partial charge in [0.1, 0.15) is 0 Å². The lowest BCUT2D eigenvalue weighted by molar-refractivity contribution is 0.270. The summed E-state index contributed by atoms with van der Waals surface area (Å²) in [5.74, 6) is 0. The molecular weight excluding hydrogens is 184 g/mol. The van der Waals surface area contributed by atoms with E-state index in [1.807, 2.05) is 0 Å². The van der Waals surface area contributed by atoms with Crippen molar-refractivity contribution in [3.05, 3.63) is 11.6 Å². The van der Waals surface area contributed by atoms with E-state index in [4.69, 9.17) is 5.73 Å². The van der Waals surface area contributed by atoms with Crippen LogP contribution in [0, 0.1) is 5.41 Å². The van der Waals surface area contributed by atoms with Gasteiger partial charge in [-0.1, -0.05) is 32.4 Å². The first kappa shape index (κ1) is 12.7.